The van der Waals surface area contributed by atoms with Crippen LogP contribution in [-0.4, -0.2) is 41.6 Å². The maximum absolute atomic E-state index is 12.5. The highest BCUT2D eigenvalue weighted by atomic mass is 32.2. The first-order chi connectivity index (χ1) is 10.1. The van der Waals surface area contributed by atoms with E-state index in [1.54, 1.807) is 17.8 Å². The number of thioether (sulfide) groups is 1. The Kier molecular flexibility index (Phi) is 4.17. The number of nitrogens with two attached hydrogens (primary N) is 1. The molecule has 0 radical (unpaired) electrons. The van der Waals surface area contributed by atoms with Gasteiger partial charge in [-0.05, 0) is 31.0 Å². The van der Waals surface area contributed by atoms with E-state index in [9.17, 15) is 9.59 Å². The van der Waals surface area contributed by atoms with Crippen LogP contribution in [0.3, 0.4) is 0 Å². The SMILES string of the molecule is NC1CCCN(C(=O)c2ccc3c(c2)NC(=O)CCS3)C1. The number of rotatable bonds is 1. The van der Waals surface area contributed by atoms with Gasteiger partial charge >= 0.3 is 0 Å². The number of nitrogens with zero attached hydrogens (tertiary/aromatic N) is 1. The van der Waals surface area contributed by atoms with Gasteiger partial charge in [-0.25, -0.2) is 0 Å². The zero-order valence-electron chi connectivity index (χ0n) is 11.8. The van der Waals surface area contributed by atoms with Crippen molar-refractivity contribution in [3.63, 3.8) is 0 Å². The molecular formula is C15H19N3O2S. The first-order valence-electron chi connectivity index (χ1n) is 7.25. The summed E-state index contributed by atoms with van der Waals surface area (Å²) < 4.78 is 0. The second-order valence-electron chi connectivity index (χ2n) is 5.51. The molecule has 3 rings (SSSR count). The molecule has 2 aliphatic rings. The van der Waals surface area contributed by atoms with E-state index >= 15 is 0 Å². The van der Waals surface area contributed by atoms with E-state index in [0.29, 0.717) is 18.5 Å². The molecule has 0 aliphatic carbocycles. The lowest BCUT2D eigenvalue weighted by Crippen LogP contribution is -2.45. The number of nitrogens with one attached hydrogen (secondary N) is 1. The molecule has 1 aromatic carbocycles. The van der Waals surface area contributed by atoms with Crippen molar-refractivity contribution >= 4 is 29.3 Å². The van der Waals surface area contributed by atoms with Crippen molar-refractivity contribution in [1.82, 2.24) is 4.90 Å². The van der Waals surface area contributed by atoms with Crippen molar-refractivity contribution in [1.29, 1.82) is 0 Å². The molecular weight excluding hydrogens is 286 g/mol. The minimum absolute atomic E-state index is 0.00329. The summed E-state index contributed by atoms with van der Waals surface area (Å²) in [5.41, 5.74) is 7.30. The average Bonchev–Trinajstić information content (AvgIpc) is 2.66. The molecule has 5 nitrogen and oxygen atoms in total. The lowest BCUT2D eigenvalue weighted by Gasteiger charge is -2.31. The van der Waals surface area contributed by atoms with Gasteiger partial charge in [-0.3, -0.25) is 9.59 Å². The number of anilines is 1. The first-order valence-corrected chi connectivity index (χ1v) is 8.23. The summed E-state index contributed by atoms with van der Waals surface area (Å²) in [6.45, 7) is 1.36. The quantitative estimate of drug-likeness (QED) is 0.828. The standard InChI is InChI=1S/C15H19N3O2S/c16-11-2-1-6-18(9-11)15(20)10-3-4-13-12(8-10)17-14(19)5-7-21-13/h3-4,8,11H,1-2,5-7,9,16H2,(H,17,19). The third-order valence-corrected chi connectivity index (χ3v) is 4.91. The molecule has 1 fully saturated rings. The summed E-state index contributed by atoms with van der Waals surface area (Å²) in [6, 6.07) is 5.61. The maximum Gasteiger partial charge on any atom is 0.253 e. The molecule has 2 heterocycles. The number of hydrogen-bond donors (Lipinski definition) is 2. The topological polar surface area (TPSA) is 75.4 Å². The molecule has 0 aromatic heterocycles. The third-order valence-electron chi connectivity index (χ3n) is 3.83. The van der Waals surface area contributed by atoms with Crippen molar-refractivity contribution in [3.05, 3.63) is 23.8 Å². The largest absolute Gasteiger partial charge is 0.337 e. The van der Waals surface area contributed by atoms with Crippen LogP contribution in [0.15, 0.2) is 23.1 Å². The molecule has 112 valence electrons. The maximum atomic E-state index is 12.5. The van der Waals surface area contributed by atoms with E-state index < -0.39 is 0 Å². The van der Waals surface area contributed by atoms with Crippen molar-refractivity contribution < 1.29 is 9.59 Å². The van der Waals surface area contributed by atoms with Gasteiger partial charge in [0, 0.05) is 41.8 Å². The van der Waals surface area contributed by atoms with Gasteiger partial charge in [-0.2, -0.15) is 0 Å². The van der Waals surface area contributed by atoms with Gasteiger partial charge in [0.25, 0.3) is 5.91 Å². The van der Waals surface area contributed by atoms with Crippen LogP contribution in [0.5, 0.6) is 0 Å². The van der Waals surface area contributed by atoms with Crippen LogP contribution in [0, 0.1) is 0 Å². The molecule has 0 saturated carbocycles. The van der Waals surface area contributed by atoms with E-state index in [1.807, 2.05) is 17.0 Å². The van der Waals surface area contributed by atoms with E-state index in [-0.39, 0.29) is 17.9 Å². The molecule has 0 spiro atoms. The highest BCUT2D eigenvalue weighted by Gasteiger charge is 2.23. The number of amides is 2. The molecule has 0 bridgehead atoms. The molecule has 1 atom stereocenters. The summed E-state index contributed by atoms with van der Waals surface area (Å²) in [7, 11) is 0. The minimum Gasteiger partial charge on any atom is -0.337 e. The van der Waals surface area contributed by atoms with Crippen LogP contribution in [0.4, 0.5) is 5.69 Å². The Morgan fingerprint density at radius 3 is 3.10 bits per heavy atom. The summed E-state index contributed by atoms with van der Waals surface area (Å²) in [6.07, 6.45) is 2.43. The fraction of sp³-hybridized carbons (Fsp3) is 0.467. The second-order valence-corrected chi connectivity index (χ2v) is 6.65. The summed E-state index contributed by atoms with van der Waals surface area (Å²) in [4.78, 5) is 27.0. The zero-order valence-corrected chi connectivity index (χ0v) is 12.6. The van der Waals surface area contributed by atoms with Crippen LogP contribution >= 0.6 is 11.8 Å². The van der Waals surface area contributed by atoms with Gasteiger partial charge in [0.1, 0.15) is 0 Å². The van der Waals surface area contributed by atoms with Crippen molar-refractivity contribution in [2.75, 3.05) is 24.2 Å². The Hall–Kier alpha value is -1.53. The van der Waals surface area contributed by atoms with Crippen molar-refractivity contribution in [2.45, 2.75) is 30.2 Å². The summed E-state index contributed by atoms with van der Waals surface area (Å²) >= 11 is 1.64. The highest BCUT2D eigenvalue weighted by Crippen LogP contribution is 2.31. The Bertz CT molecular complexity index is 576. The predicted molar refractivity (Wildman–Crippen MR) is 83.5 cm³/mol. The molecule has 2 aliphatic heterocycles. The number of likely N-dealkylation sites (tertiary alicyclic amines) is 1. The molecule has 2 amide bonds. The Morgan fingerprint density at radius 1 is 1.43 bits per heavy atom. The monoisotopic (exact) mass is 305 g/mol. The fourth-order valence-electron chi connectivity index (χ4n) is 2.73. The lowest BCUT2D eigenvalue weighted by molar-refractivity contribution is -0.115. The normalized spacial score (nSPS) is 22.2. The first kappa shape index (κ1) is 14.4. The van der Waals surface area contributed by atoms with Gasteiger partial charge in [0.05, 0.1) is 5.69 Å². The van der Waals surface area contributed by atoms with Gasteiger partial charge in [-0.1, -0.05) is 0 Å². The van der Waals surface area contributed by atoms with Gasteiger partial charge in [-0.15, -0.1) is 11.8 Å². The van der Waals surface area contributed by atoms with E-state index in [2.05, 4.69) is 5.32 Å². The van der Waals surface area contributed by atoms with E-state index in [1.165, 1.54) is 0 Å². The molecule has 1 aromatic rings. The van der Waals surface area contributed by atoms with Crippen LogP contribution in [-0.2, 0) is 4.79 Å². The van der Waals surface area contributed by atoms with Gasteiger partial charge < -0.3 is 16.0 Å². The Labute approximate surface area is 128 Å². The second kappa shape index (κ2) is 6.07. The minimum atomic E-state index is -0.00329. The number of piperidine rings is 1. The van der Waals surface area contributed by atoms with E-state index in [0.717, 1.165) is 35.7 Å². The fourth-order valence-corrected chi connectivity index (χ4v) is 3.67. The van der Waals surface area contributed by atoms with Crippen LogP contribution < -0.4 is 11.1 Å². The summed E-state index contributed by atoms with van der Waals surface area (Å²) in [5, 5.41) is 2.87. The molecule has 3 N–H and O–H groups in total. The van der Waals surface area contributed by atoms with Crippen molar-refractivity contribution in [3.8, 4) is 0 Å². The molecule has 6 heteroatoms. The van der Waals surface area contributed by atoms with Crippen LogP contribution in [0.2, 0.25) is 0 Å². The molecule has 21 heavy (non-hydrogen) atoms. The average molecular weight is 305 g/mol. The van der Waals surface area contributed by atoms with Crippen LogP contribution in [0.25, 0.3) is 0 Å². The summed E-state index contributed by atoms with van der Waals surface area (Å²) in [5.74, 6) is 0.773. The Balaban J connectivity index is 1.82. The number of carbonyl (C=O) groups excluding carboxylic acids is 2. The van der Waals surface area contributed by atoms with E-state index in [4.69, 9.17) is 5.73 Å². The highest BCUT2D eigenvalue weighted by molar-refractivity contribution is 7.99. The Morgan fingerprint density at radius 2 is 2.29 bits per heavy atom. The number of hydrogen-bond acceptors (Lipinski definition) is 4. The lowest BCUT2D eigenvalue weighted by atomic mass is 10.1. The van der Waals surface area contributed by atoms with Crippen molar-refractivity contribution in [2.24, 2.45) is 5.73 Å². The number of benzene rings is 1. The number of carbonyl (C=O) groups is 2. The number of fused-ring (bicyclic) bond motifs is 1. The van der Waals surface area contributed by atoms with Crippen LogP contribution in [0.1, 0.15) is 29.6 Å². The molecule has 1 saturated heterocycles. The van der Waals surface area contributed by atoms with Gasteiger partial charge in [0.15, 0.2) is 0 Å². The van der Waals surface area contributed by atoms with Gasteiger partial charge in [0.2, 0.25) is 5.91 Å². The smallest absolute Gasteiger partial charge is 0.253 e. The zero-order chi connectivity index (χ0) is 14.8. The predicted octanol–water partition coefficient (Wildman–Crippen LogP) is 1.68. The molecule has 1 unspecified atom stereocenters. The third kappa shape index (κ3) is 3.22.